The highest BCUT2D eigenvalue weighted by Crippen LogP contribution is 2.33. The number of benzene rings is 3. The number of H-pyrrole nitrogens is 1. The van der Waals surface area contributed by atoms with Crippen LogP contribution in [0.1, 0.15) is 27.2 Å². The maximum atomic E-state index is 13.9. The molecule has 0 aliphatic heterocycles. The van der Waals surface area contributed by atoms with Crippen LogP contribution in [0.2, 0.25) is 0 Å². The van der Waals surface area contributed by atoms with E-state index in [1.165, 1.54) is 48.6 Å². The number of aromatic nitrogens is 2. The molecular formula is C25H18F2N4O4. The number of nitrogens with zero attached hydrogens (tertiary/aromatic N) is 3. The Morgan fingerprint density at radius 2 is 1.69 bits per heavy atom. The van der Waals surface area contributed by atoms with Gasteiger partial charge in [0.2, 0.25) is 0 Å². The first-order valence-corrected chi connectivity index (χ1v) is 10.3. The summed E-state index contributed by atoms with van der Waals surface area (Å²) in [6.07, 6.45) is 2.53. The molecule has 1 heterocycles. The lowest BCUT2D eigenvalue weighted by atomic mass is 10.1. The fraction of sp³-hybridized carbons (Fsp3) is 0.0400. The van der Waals surface area contributed by atoms with E-state index in [2.05, 4.69) is 15.3 Å². The zero-order valence-electron chi connectivity index (χ0n) is 18.2. The van der Waals surface area contributed by atoms with Gasteiger partial charge in [-0.25, -0.2) is 18.3 Å². The molecule has 0 spiro atoms. The van der Waals surface area contributed by atoms with Crippen LogP contribution < -0.4 is 5.56 Å². The Bertz CT molecular complexity index is 1530. The van der Waals surface area contributed by atoms with Gasteiger partial charge in [-0.3, -0.25) is 9.89 Å². The number of aromatic hydroxyl groups is 1. The van der Waals surface area contributed by atoms with Gasteiger partial charge in [0, 0.05) is 11.1 Å². The zero-order chi connectivity index (χ0) is 25.1. The quantitative estimate of drug-likeness (QED) is 0.243. The van der Waals surface area contributed by atoms with E-state index in [0.29, 0.717) is 11.4 Å². The second kappa shape index (κ2) is 9.56. The molecule has 4 rings (SSSR count). The number of halogens is 2. The van der Waals surface area contributed by atoms with Crippen molar-refractivity contribution in [3.8, 4) is 11.4 Å². The maximum absolute atomic E-state index is 13.9. The Balaban J connectivity index is 1.65. The van der Waals surface area contributed by atoms with Gasteiger partial charge >= 0.3 is 5.97 Å². The van der Waals surface area contributed by atoms with Crippen molar-refractivity contribution in [2.45, 2.75) is 6.92 Å². The van der Waals surface area contributed by atoms with E-state index in [1.807, 2.05) is 0 Å². The molecule has 3 N–H and O–H groups in total. The lowest BCUT2D eigenvalue weighted by Crippen LogP contribution is -2.14. The summed E-state index contributed by atoms with van der Waals surface area (Å²) < 4.78 is 28.8. The summed E-state index contributed by atoms with van der Waals surface area (Å²) in [6, 6.07) is 13.8. The predicted molar refractivity (Wildman–Crippen MR) is 126 cm³/mol. The monoisotopic (exact) mass is 476 g/mol. The Kier molecular flexibility index (Phi) is 6.36. The summed E-state index contributed by atoms with van der Waals surface area (Å²) in [5.41, 5.74) is 0.0707. The van der Waals surface area contributed by atoms with Crippen LogP contribution in [-0.4, -0.2) is 26.0 Å². The molecule has 1 aromatic heterocycles. The number of aromatic carboxylic acids is 1. The molecule has 0 unspecified atom stereocenters. The Labute approximate surface area is 197 Å². The summed E-state index contributed by atoms with van der Waals surface area (Å²) in [7, 11) is 0. The minimum Gasteiger partial charge on any atom is -0.505 e. The third-order valence-electron chi connectivity index (χ3n) is 5.12. The van der Waals surface area contributed by atoms with Gasteiger partial charge in [-0.1, -0.05) is 30.3 Å². The number of aromatic amines is 1. The van der Waals surface area contributed by atoms with E-state index in [0.717, 1.165) is 16.8 Å². The van der Waals surface area contributed by atoms with Gasteiger partial charge in [0.1, 0.15) is 23.1 Å². The number of para-hydroxylation sites is 1. The third-order valence-corrected chi connectivity index (χ3v) is 5.12. The molecule has 0 bridgehead atoms. The largest absolute Gasteiger partial charge is 0.505 e. The average Bonchev–Trinajstić information content (AvgIpc) is 3.12. The summed E-state index contributed by atoms with van der Waals surface area (Å²) in [4.78, 5) is 24.1. The van der Waals surface area contributed by atoms with Crippen molar-refractivity contribution in [2.24, 2.45) is 10.2 Å². The van der Waals surface area contributed by atoms with Crippen LogP contribution in [-0.2, 0) is 0 Å². The minimum atomic E-state index is -1.13. The number of azo groups is 1. The summed E-state index contributed by atoms with van der Waals surface area (Å²) in [5, 5.41) is 30.5. The molecule has 0 saturated carbocycles. The minimum absolute atomic E-state index is 0.00915. The van der Waals surface area contributed by atoms with Gasteiger partial charge in [-0.05, 0) is 49.4 Å². The first kappa shape index (κ1) is 23.3. The van der Waals surface area contributed by atoms with Crippen LogP contribution in [0.3, 0.4) is 0 Å². The SMILES string of the molecule is Cc1[nH]n(-c2cccc(C(=O)O)c2)c(=O)c1N=Nc1cccc(/C=C/c2c(F)cccc2F)c1O. The van der Waals surface area contributed by atoms with Crippen molar-refractivity contribution in [3.05, 3.63) is 105 Å². The maximum Gasteiger partial charge on any atom is 0.335 e. The highest BCUT2D eigenvalue weighted by atomic mass is 19.1. The van der Waals surface area contributed by atoms with Gasteiger partial charge in [0.15, 0.2) is 5.69 Å². The molecule has 0 fully saturated rings. The van der Waals surface area contributed by atoms with Crippen molar-refractivity contribution >= 4 is 29.5 Å². The van der Waals surface area contributed by atoms with E-state index in [9.17, 15) is 28.6 Å². The predicted octanol–water partition coefficient (Wildman–Crippen LogP) is 5.74. The van der Waals surface area contributed by atoms with Crippen LogP contribution in [0, 0.1) is 18.6 Å². The van der Waals surface area contributed by atoms with Crippen LogP contribution in [0.25, 0.3) is 17.8 Å². The molecule has 35 heavy (non-hydrogen) atoms. The standard InChI is InChI=1S/C25H18F2N4O4/c1-14-22(24(33)31(30-14)17-7-2-6-16(13-17)25(34)35)29-28-21-10-3-5-15(23(21)32)11-12-18-19(26)8-4-9-20(18)27/h2-13,30,32H,1H3,(H,34,35)/b12-11+,29-28?. The van der Waals surface area contributed by atoms with E-state index < -0.39 is 23.2 Å². The Morgan fingerprint density at radius 3 is 2.40 bits per heavy atom. The second-order valence-electron chi connectivity index (χ2n) is 7.47. The number of carbonyl (C=O) groups is 1. The van der Waals surface area contributed by atoms with Crippen LogP contribution >= 0.6 is 0 Å². The molecule has 0 aliphatic rings. The lowest BCUT2D eigenvalue weighted by Gasteiger charge is -2.03. The number of hydrogen-bond acceptors (Lipinski definition) is 5. The number of hydrogen-bond donors (Lipinski definition) is 3. The second-order valence-corrected chi connectivity index (χ2v) is 7.47. The first-order valence-electron chi connectivity index (χ1n) is 10.3. The highest BCUT2D eigenvalue weighted by molar-refractivity contribution is 5.88. The molecule has 3 aromatic carbocycles. The first-order chi connectivity index (χ1) is 16.8. The van der Waals surface area contributed by atoms with Crippen molar-refractivity contribution in [2.75, 3.05) is 0 Å². The van der Waals surface area contributed by atoms with Crippen LogP contribution in [0.15, 0.2) is 75.7 Å². The normalized spacial score (nSPS) is 11.5. The number of phenols is 1. The highest BCUT2D eigenvalue weighted by Gasteiger charge is 2.14. The summed E-state index contributed by atoms with van der Waals surface area (Å²) in [5.74, 6) is -2.92. The van der Waals surface area contributed by atoms with Crippen molar-refractivity contribution in [3.63, 3.8) is 0 Å². The number of phenolic OH excluding ortho intramolecular Hbond substituents is 1. The zero-order valence-corrected chi connectivity index (χ0v) is 18.2. The molecule has 10 heteroatoms. The molecular weight excluding hydrogens is 458 g/mol. The van der Waals surface area contributed by atoms with Crippen molar-refractivity contribution in [1.82, 2.24) is 9.78 Å². The van der Waals surface area contributed by atoms with Gasteiger partial charge < -0.3 is 10.2 Å². The fourth-order valence-electron chi connectivity index (χ4n) is 3.33. The molecule has 0 aliphatic carbocycles. The third kappa shape index (κ3) is 4.76. The Hall–Kier alpha value is -4.86. The number of aryl methyl sites for hydroxylation is 1. The molecule has 4 aromatic rings. The number of nitrogens with one attached hydrogen (secondary N) is 1. The van der Waals surface area contributed by atoms with E-state index in [4.69, 9.17) is 0 Å². The topological polar surface area (TPSA) is 120 Å². The fourth-order valence-corrected chi connectivity index (χ4v) is 3.33. The van der Waals surface area contributed by atoms with E-state index in [-0.39, 0.29) is 33.8 Å². The van der Waals surface area contributed by atoms with E-state index >= 15 is 0 Å². The van der Waals surface area contributed by atoms with Crippen molar-refractivity contribution < 1.29 is 23.8 Å². The molecule has 0 saturated heterocycles. The lowest BCUT2D eigenvalue weighted by molar-refractivity contribution is 0.0697. The Morgan fingerprint density at radius 1 is 1.00 bits per heavy atom. The smallest absolute Gasteiger partial charge is 0.335 e. The molecule has 0 amide bonds. The number of carboxylic acids is 1. The molecule has 176 valence electrons. The van der Waals surface area contributed by atoms with E-state index in [1.54, 1.807) is 19.1 Å². The average molecular weight is 476 g/mol. The van der Waals surface area contributed by atoms with Gasteiger partial charge in [-0.2, -0.15) is 0 Å². The molecule has 0 atom stereocenters. The number of carboxylic acid groups (broad SMARTS) is 1. The summed E-state index contributed by atoms with van der Waals surface area (Å²) in [6.45, 7) is 1.59. The molecule has 0 radical (unpaired) electrons. The molecule has 8 nitrogen and oxygen atoms in total. The van der Waals surface area contributed by atoms with Crippen molar-refractivity contribution in [1.29, 1.82) is 0 Å². The van der Waals surface area contributed by atoms with Crippen LogP contribution in [0.5, 0.6) is 5.75 Å². The number of rotatable bonds is 6. The van der Waals surface area contributed by atoms with Gasteiger partial charge in [-0.15, -0.1) is 10.2 Å². The van der Waals surface area contributed by atoms with Gasteiger partial charge in [0.25, 0.3) is 5.56 Å². The summed E-state index contributed by atoms with van der Waals surface area (Å²) >= 11 is 0. The van der Waals surface area contributed by atoms with Crippen LogP contribution in [0.4, 0.5) is 20.2 Å². The van der Waals surface area contributed by atoms with Gasteiger partial charge in [0.05, 0.1) is 16.9 Å².